The second-order valence-corrected chi connectivity index (χ2v) is 9.31. The summed E-state index contributed by atoms with van der Waals surface area (Å²) in [6, 6.07) is 5.89. The van der Waals surface area contributed by atoms with Crippen LogP contribution in [0.1, 0.15) is 69.6 Å². The van der Waals surface area contributed by atoms with Crippen LogP contribution < -0.4 is 0 Å². The maximum Gasteiger partial charge on any atom is 0.133 e. The van der Waals surface area contributed by atoms with E-state index in [9.17, 15) is 4.39 Å². The quantitative estimate of drug-likeness (QED) is 0.248. The van der Waals surface area contributed by atoms with E-state index < -0.39 is 17.4 Å². The third-order valence-electron chi connectivity index (χ3n) is 7.17. The van der Waals surface area contributed by atoms with E-state index in [0.717, 1.165) is 35.1 Å². The molecule has 1 aromatic carbocycles. The molecule has 0 saturated heterocycles. The highest BCUT2D eigenvalue weighted by Crippen LogP contribution is 2.48. The van der Waals surface area contributed by atoms with E-state index in [1.54, 1.807) is 26.8 Å². The van der Waals surface area contributed by atoms with Gasteiger partial charge in [-0.1, -0.05) is 37.8 Å². The molecule has 0 spiro atoms. The molecule has 0 N–H and O–H groups in total. The predicted octanol–water partition coefficient (Wildman–Crippen LogP) is 6.82. The number of alkyl halides is 2. The molecule has 0 bridgehead atoms. The highest BCUT2D eigenvalue weighted by Gasteiger charge is 2.51. The minimum Gasteiger partial charge on any atom is -0.372 e. The molecule has 1 saturated carbocycles. The Labute approximate surface area is 191 Å². The molecule has 5 heteroatoms. The molecular formula is C27H35F2N3. The van der Waals surface area contributed by atoms with Gasteiger partial charge in [-0.3, -0.25) is 0 Å². The van der Waals surface area contributed by atoms with E-state index in [-0.39, 0.29) is 5.92 Å². The zero-order valence-electron chi connectivity index (χ0n) is 20.0. The molecule has 3 rings (SSSR count). The molecule has 0 radical (unpaired) electrons. The fourth-order valence-electron chi connectivity index (χ4n) is 4.86. The molecule has 1 aromatic rings. The van der Waals surface area contributed by atoms with Gasteiger partial charge in [0.2, 0.25) is 0 Å². The van der Waals surface area contributed by atoms with Crippen molar-refractivity contribution < 1.29 is 8.78 Å². The summed E-state index contributed by atoms with van der Waals surface area (Å²) in [5.74, 6) is 0.452. The number of allylic oxidation sites excluding steroid dienone is 3. The fourth-order valence-corrected chi connectivity index (χ4v) is 4.86. The molecule has 2 aliphatic carbocycles. The summed E-state index contributed by atoms with van der Waals surface area (Å²) in [5.41, 5.74) is 2.75. The van der Waals surface area contributed by atoms with Gasteiger partial charge in [0, 0.05) is 24.7 Å². The van der Waals surface area contributed by atoms with Crippen LogP contribution in [0.4, 0.5) is 8.78 Å². The molecule has 1 fully saturated rings. The van der Waals surface area contributed by atoms with Gasteiger partial charge in [0.1, 0.15) is 17.7 Å². The molecule has 32 heavy (non-hydrogen) atoms. The molecule has 0 amide bonds. The Morgan fingerprint density at radius 3 is 2.50 bits per heavy atom. The third-order valence-corrected chi connectivity index (χ3v) is 7.17. The van der Waals surface area contributed by atoms with Crippen molar-refractivity contribution in [2.45, 2.75) is 76.7 Å². The van der Waals surface area contributed by atoms with Gasteiger partial charge in [-0.15, -0.1) is 0 Å². The molecule has 3 nitrogen and oxygen atoms in total. The van der Waals surface area contributed by atoms with Crippen LogP contribution in [0.5, 0.6) is 0 Å². The summed E-state index contributed by atoms with van der Waals surface area (Å²) < 4.78 is 29.5. The minimum atomic E-state index is -1.31. The first-order valence-corrected chi connectivity index (χ1v) is 11.3. The van der Waals surface area contributed by atoms with Gasteiger partial charge in [0.15, 0.2) is 0 Å². The molecule has 3 unspecified atom stereocenters. The number of nitrogens with zero attached hydrogens (tertiary/aromatic N) is 3. The average molecular weight is 440 g/mol. The van der Waals surface area contributed by atoms with Crippen LogP contribution in [-0.2, 0) is 12.1 Å². The first kappa shape index (κ1) is 24.1. The van der Waals surface area contributed by atoms with Crippen molar-refractivity contribution in [2.24, 2.45) is 9.98 Å². The van der Waals surface area contributed by atoms with Crippen LogP contribution in [-0.4, -0.2) is 36.2 Å². The Morgan fingerprint density at radius 2 is 1.94 bits per heavy atom. The number of hydrogen-bond acceptors (Lipinski definition) is 2. The van der Waals surface area contributed by atoms with Crippen molar-refractivity contribution in [3.05, 3.63) is 71.1 Å². The summed E-state index contributed by atoms with van der Waals surface area (Å²) in [5, 5.41) is 0. The van der Waals surface area contributed by atoms with E-state index in [4.69, 9.17) is 0 Å². The van der Waals surface area contributed by atoms with Crippen molar-refractivity contribution in [3.63, 3.8) is 0 Å². The number of benzene rings is 1. The smallest absolute Gasteiger partial charge is 0.133 e. The summed E-state index contributed by atoms with van der Waals surface area (Å²) >= 11 is 0. The van der Waals surface area contributed by atoms with Gasteiger partial charge >= 0.3 is 0 Å². The Kier molecular flexibility index (Phi) is 6.87. The normalized spacial score (nSPS) is 24.5. The number of amidine groups is 1. The van der Waals surface area contributed by atoms with Gasteiger partial charge in [-0.05, 0) is 75.9 Å². The molecule has 2 aliphatic rings. The van der Waals surface area contributed by atoms with E-state index in [2.05, 4.69) is 36.3 Å². The molecule has 0 heterocycles. The van der Waals surface area contributed by atoms with Crippen LogP contribution in [0.2, 0.25) is 0 Å². The Balaban J connectivity index is 2.14. The third kappa shape index (κ3) is 4.48. The van der Waals surface area contributed by atoms with E-state index in [1.807, 2.05) is 36.4 Å². The lowest BCUT2D eigenvalue weighted by atomic mass is 9.85. The van der Waals surface area contributed by atoms with E-state index in [0.29, 0.717) is 24.4 Å². The highest BCUT2D eigenvalue weighted by atomic mass is 19.1. The lowest BCUT2D eigenvalue weighted by Gasteiger charge is -2.31. The number of aliphatic imine (C=N–C) groups is 2. The fraction of sp³-hybridized carbons (Fsp3) is 0.481. The van der Waals surface area contributed by atoms with Crippen molar-refractivity contribution in [3.8, 4) is 0 Å². The van der Waals surface area contributed by atoms with Gasteiger partial charge < -0.3 is 4.90 Å². The molecule has 3 atom stereocenters. The number of rotatable bonds is 8. The second-order valence-electron chi connectivity index (χ2n) is 9.31. The SMILES string of the molecule is C=C/C=C(/N=C(/C)N=C)C(=C/N(C)C1(C(C)F)CC1)\C(C)c1cccc2c1CCC2(C)F. The molecular weight excluding hydrogens is 404 g/mol. The molecule has 0 aliphatic heterocycles. The molecule has 0 aromatic heterocycles. The lowest BCUT2D eigenvalue weighted by molar-refractivity contribution is 0.168. The van der Waals surface area contributed by atoms with E-state index >= 15 is 4.39 Å². The van der Waals surface area contributed by atoms with Gasteiger partial charge in [0.25, 0.3) is 0 Å². The number of fused-ring (bicyclic) bond motifs is 1. The zero-order chi connectivity index (χ0) is 23.7. The van der Waals surface area contributed by atoms with Crippen molar-refractivity contribution in [2.75, 3.05) is 7.05 Å². The van der Waals surface area contributed by atoms with Crippen LogP contribution >= 0.6 is 0 Å². The van der Waals surface area contributed by atoms with Crippen LogP contribution in [0.25, 0.3) is 0 Å². The second kappa shape index (κ2) is 9.13. The Morgan fingerprint density at radius 1 is 1.25 bits per heavy atom. The van der Waals surface area contributed by atoms with Crippen LogP contribution in [0, 0.1) is 0 Å². The minimum absolute atomic E-state index is 0.0837. The van der Waals surface area contributed by atoms with Crippen molar-refractivity contribution >= 4 is 12.6 Å². The number of halogens is 2. The standard InChI is InChI=1S/C27H35F2N3/c1-8-10-25(31-20(4)30-6)23(17-32(7)27(15-16-27)19(3)28)18(2)21-11-9-12-24-22(21)13-14-26(24,5)29/h8-12,17-19H,1,6,13-16H2,2-5,7H3/b23-17-,25-10+,31-20-. The topological polar surface area (TPSA) is 28.0 Å². The number of hydrogen-bond donors (Lipinski definition) is 0. The van der Waals surface area contributed by atoms with Crippen molar-refractivity contribution in [1.82, 2.24) is 4.90 Å². The largest absolute Gasteiger partial charge is 0.372 e. The first-order chi connectivity index (χ1) is 15.1. The Hall–Kier alpha value is -2.56. The van der Waals surface area contributed by atoms with Crippen LogP contribution in [0.3, 0.4) is 0 Å². The Bertz CT molecular complexity index is 981. The van der Waals surface area contributed by atoms with Gasteiger partial charge in [-0.25, -0.2) is 18.8 Å². The average Bonchev–Trinajstić information content (AvgIpc) is 3.51. The van der Waals surface area contributed by atoms with Gasteiger partial charge in [0.05, 0.1) is 11.2 Å². The highest BCUT2D eigenvalue weighted by molar-refractivity contribution is 5.85. The van der Waals surface area contributed by atoms with Crippen molar-refractivity contribution in [1.29, 1.82) is 0 Å². The first-order valence-electron chi connectivity index (χ1n) is 11.3. The maximum atomic E-state index is 15.1. The summed E-state index contributed by atoms with van der Waals surface area (Å²) in [7, 11) is 1.93. The summed E-state index contributed by atoms with van der Waals surface area (Å²) in [4.78, 5) is 10.6. The lowest BCUT2D eigenvalue weighted by Crippen LogP contribution is -2.37. The van der Waals surface area contributed by atoms with E-state index in [1.165, 1.54) is 0 Å². The van der Waals surface area contributed by atoms with Crippen LogP contribution in [0.15, 0.2) is 64.4 Å². The van der Waals surface area contributed by atoms with Gasteiger partial charge in [-0.2, -0.15) is 0 Å². The summed E-state index contributed by atoms with van der Waals surface area (Å²) in [6.07, 6.45) is 7.41. The monoisotopic (exact) mass is 439 g/mol. The maximum absolute atomic E-state index is 15.1. The zero-order valence-corrected chi connectivity index (χ0v) is 20.0. The summed E-state index contributed by atoms with van der Waals surface area (Å²) in [6.45, 7) is 14.6. The molecule has 172 valence electrons. The predicted molar refractivity (Wildman–Crippen MR) is 131 cm³/mol.